The number of carbonyl (C=O) groups is 1. The van der Waals surface area contributed by atoms with Gasteiger partial charge in [0.05, 0.1) is 31.5 Å². The van der Waals surface area contributed by atoms with Crippen molar-refractivity contribution in [3.63, 3.8) is 0 Å². The third kappa shape index (κ3) is 4.58. The second kappa shape index (κ2) is 9.09. The minimum atomic E-state index is -0.394. The summed E-state index contributed by atoms with van der Waals surface area (Å²) in [5.41, 5.74) is 3.64. The lowest BCUT2D eigenvalue weighted by molar-refractivity contribution is -0.116. The van der Waals surface area contributed by atoms with E-state index >= 15 is 0 Å². The summed E-state index contributed by atoms with van der Waals surface area (Å²) < 4.78 is 7.07. The molecule has 0 aliphatic heterocycles. The van der Waals surface area contributed by atoms with Crippen LogP contribution in [0.5, 0.6) is 5.75 Å². The fraction of sp³-hybridized carbons (Fsp3) is 0.120. The first-order valence-electron chi connectivity index (χ1n) is 9.79. The lowest BCUT2D eigenvalue weighted by Gasteiger charge is -2.17. The van der Waals surface area contributed by atoms with Gasteiger partial charge in [0.25, 0.3) is 0 Å². The van der Waals surface area contributed by atoms with Crippen molar-refractivity contribution in [2.24, 2.45) is 0 Å². The van der Waals surface area contributed by atoms with Crippen LogP contribution in [-0.2, 0) is 11.3 Å². The molecule has 150 valence electrons. The van der Waals surface area contributed by atoms with Crippen molar-refractivity contribution in [1.29, 1.82) is 0 Å². The van der Waals surface area contributed by atoms with E-state index in [0.29, 0.717) is 12.2 Å². The van der Waals surface area contributed by atoms with Crippen LogP contribution in [0.15, 0.2) is 97.3 Å². The molecule has 3 aromatic carbocycles. The number of carbonyl (C=O) groups excluding carboxylic acids is 1. The van der Waals surface area contributed by atoms with E-state index in [2.05, 4.69) is 10.4 Å². The Morgan fingerprint density at radius 3 is 2.27 bits per heavy atom. The Bertz CT molecular complexity index is 1070. The monoisotopic (exact) mass is 397 g/mol. The van der Waals surface area contributed by atoms with Crippen molar-refractivity contribution in [2.45, 2.75) is 12.5 Å². The van der Waals surface area contributed by atoms with E-state index in [1.165, 1.54) is 0 Å². The number of nitrogens with one attached hydrogen (secondary N) is 1. The summed E-state index contributed by atoms with van der Waals surface area (Å²) >= 11 is 0. The molecule has 0 spiro atoms. The Balaban J connectivity index is 1.52. The fourth-order valence-electron chi connectivity index (χ4n) is 3.47. The van der Waals surface area contributed by atoms with Gasteiger partial charge in [0.15, 0.2) is 0 Å². The molecule has 0 fully saturated rings. The predicted molar refractivity (Wildman–Crippen MR) is 118 cm³/mol. The molecule has 0 saturated heterocycles. The van der Waals surface area contributed by atoms with Gasteiger partial charge in [0, 0.05) is 6.20 Å². The quantitative estimate of drug-likeness (QED) is 0.491. The summed E-state index contributed by atoms with van der Waals surface area (Å²) in [7, 11) is 1.65. The molecule has 1 amide bonds. The first-order valence-corrected chi connectivity index (χ1v) is 9.79. The molecule has 0 aliphatic rings. The molecule has 0 unspecified atom stereocenters. The Kier molecular flexibility index (Phi) is 5.90. The van der Waals surface area contributed by atoms with Gasteiger partial charge in [0.2, 0.25) is 5.91 Å². The van der Waals surface area contributed by atoms with Crippen molar-refractivity contribution in [3.8, 4) is 5.75 Å². The predicted octanol–water partition coefficient (Wildman–Crippen LogP) is 4.71. The summed E-state index contributed by atoms with van der Waals surface area (Å²) in [4.78, 5) is 13.2. The SMILES string of the molecule is COc1cccc(Cn2cc(NC(=O)C(c3ccccc3)c3ccccc3)cn2)c1. The number of nitrogens with zero attached hydrogens (tertiary/aromatic N) is 2. The van der Waals surface area contributed by atoms with E-state index in [9.17, 15) is 4.79 Å². The molecule has 30 heavy (non-hydrogen) atoms. The van der Waals surface area contributed by atoms with Crippen LogP contribution in [0.2, 0.25) is 0 Å². The Morgan fingerprint density at radius 1 is 0.967 bits per heavy atom. The van der Waals surface area contributed by atoms with Crippen molar-refractivity contribution < 1.29 is 9.53 Å². The minimum absolute atomic E-state index is 0.0895. The molecule has 0 radical (unpaired) electrons. The minimum Gasteiger partial charge on any atom is -0.497 e. The summed E-state index contributed by atoms with van der Waals surface area (Å²) in [5, 5.41) is 7.41. The fourth-order valence-corrected chi connectivity index (χ4v) is 3.47. The van der Waals surface area contributed by atoms with E-state index in [-0.39, 0.29) is 5.91 Å². The van der Waals surface area contributed by atoms with Crippen LogP contribution in [0.1, 0.15) is 22.6 Å². The maximum atomic E-state index is 13.2. The van der Waals surface area contributed by atoms with Crippen LogP contribution in [0, 0.1) is 0 Å². The first-order chi connectivity index (χ1) is 14.7. The number of hydrogen-bond acceptors (Lipinski definition) is 3. The van der Waals surface area contributed by atoms with Crippen LogP contribution in [-0.4, -0.2) is 22.8 Å². The van der Waals surface area contributed by atoms with Crippen LogP contribution in [0.4, 0.5) is 5.69 Å². The number of amides is 1. The topological polar surface area (TPSA) is 56.1 Å². The molecule has 5 heteroatoms. The maximum Gasteiger partial charge on any atom is 0.236 e. The third-order valence-electron chi connectivity index (χ3n) is 4.91. The van der Waals surface area contributed by atoms with Crippen LogP contribution >= 0.6 is 0 Å². The highest BCUT2D eigenvalue weighted by molar-refractivity contribution is 5.98. The lowest BCUT2D eigenvalue weighted by atomic mass is 9.90. The van der Waals surface area contributed by atoms with Gasteiger partial charge in [0.1, 0.15) is 5.75 Å². The summed E-state index contributed by atoms with van der Waals surface area (Å²) in [6.07, 6.45) is 3.51. The molecule has 1 aromatic heterocycles. The van der Waals surface area contributed by atoms with Gasteiger partial charge in [-0.2, -0.15) is 5.10 Å². The number of methoxy groups -OCH3 is 1. The Hall–Kier alpha value is -3.86. The second-order valence-corrected chi connectivity index (χ2v) is 7.02. The smallest absolute Gasteiger partial charge is 0.236 e. The first kappa shape index (κ1) is 19.5. The molecule has 0 bridgehead atoms. The highest BCUT2D eigenvalue weighted by Gasteiger charge is 2.23. The van der Waals surface area contributed by atoms with Gasteiger partial charge in [-0.05, 0) is 28.8 Å². The van der Waals surface area contributed by atoms with Crippen LogP contribution in [0.25, 0.3) is 0 Å². The lowest BCUT2D eigenvalue weighted by Crippen LogP contribution is -2.22. The number of hydrogen-bond donors (Lipinski definition) is 1. The second-order valence-electron chi connectivity index (χ2n) is 7.02. The normalized spacial score (nSPS) is 10.7. The zero-order valence-electron chi connectivity index (χ0n) is 16.7. The van der Waals surface area contributed by atoms with Gasteiger partial charge >= 0.3 is 0 Å². The highest BCUT2D eigenvalue weighted by Crippen LogP contribution is 2.26. The molecule has 0 atom stereocenters. The molecule has 0 saturated carbocycles. The number of benzene rings is 3. The van der Waals surface area contributed by atoms with Crippen molar-refractivity contribution in [1.82, 2.24) is 9.78 Å². The molecule has 1 heterocycles. The van der Waals surface area contributed by atoms with E-state index in [4.69, 9.17) is 4.74 Å². The number of anilines is 1. The van der Waals surface area contributed by atoms with Crippen molar-refractivity contribution in [2.75, 3.05) is 12.4 Å². The zero-order chi connectivity index (χ0) is 20.8. The Morgan fingerprint density at radius 2 is 1.63 bits per heavy atom. The molecular formula is C25H23N3O2. The molecule has 1 N–H and O–H groups in total. The molecule has 4 aromatic rings. The van der Waals surface area contributed by atoms with E-state index in [1.54, 1.807) is 18.0 Å². The molecular weight excluding hydrogens is 374 g/mol. The maximum absolute atomic E-state index is 13.2. The number of rotatable bonds is 7. The van der Waals surface area contributed by atoms with Crippen molar-refractivity contribution >= 4 is 11.6 Å². The van der Waals surface area contributed by atoms with Gasteiger partial charge in [-0.15, -0.1) is 0 Å². The standard InChI is InChI=1S/C25H23N3O2/c1-30-23-14-8-9-19(15-23)17-28-18-22(16-26-28)27-25(29)24(20-10-4-2-5-11-20)21-12-6-3-7-13-21/h2-16,18,24H,17H2,1H3,(H,27,29). The molecule has 0 aliphatic carbocycles. The highest BCUT2D eigenvalue weighted by atomic mass is 16.5. The van der Waals surface area contributed by atoms with Gasteiger partial charge in [-0.3, -0.25) is 9.48 Å². The summed E-state index contributed by atoms with van der Waals surface area (Å²) in [6.45, 7) is 0.591. The van der Waals surface area contributed by atoms with Crippen molar-refractivity contribution in [3.05, 3.63) is 114 Å². The average Bonchev–Trinajstić information content (AvgIpc) is 3.22. The molecule has 4 rings (SSSR count). The molecule has 5 nitrogen and oxygen atoms in total. The van der Waals surface area contributed by atoms with E-state index in [0.717, 1.165) is 22.4 Å². The van der Waals surface area contributed by atoms with Gasteiger partial charge in [-0.25, -0.2) is 0 Å². The zero-order valence-corrected chi connectivity index (χ0v) is 16.7. The van der Waals surface area contributed by atoms with E-state index in [1.807, 2.05) is 91.1 Å². The van der Waals surface area contributed by atoms with Gasteiger partial charge in [-0.1, -0.05) is 72.8 Å². The summed E-state index contributed by atoms with van der Waals surface area (Å²) in [5.74, 6) is 0.323. The average molecular weight is 397 g/mol. The Labute approximate surface area is 175 Å². The number of ether oxygens (including phenoxy) is 1. The largest absolute Gasteiger partial charge is 0.497 e. The van der Waals surface area contributed by atoms with Gasteiger partial charge < -0.3 is 10.1 Å². The summed E-state index contributed by atoms with van der Waals surface area (Å²) in [6, 6.07) is 27.4. The number of aromatic nitrogens is 2. The third-order valence-corrected chi connectivity index (χ3v) is 4.91. The van der Waals surface area contributed by atoms with Crippen LogP contribution in [0.3, 0.4) is 0 Å². The van der Waals surface area contributed by atoms with E-state index < -0.39 is 5.92 Å². The van der Waals surface area contributed by atoms with Crippen LogP contribution < -0.4 is 10.1 Å².